The van der Waals surface area contributed by atoms with Crippen LogP contribution in [-0.2, 0) is 4.79 Å². The number of hydrogen-bond acceptors (Lipinski definition) is 3. The maximum atomic E-state index is 12.3. The molecule has 0 radical (unpaired) electrons. The molecule has 0 heterocycles. The van der Waals surface area contributed by atoms with Gasteiger partial charge in [0, 0.05) is 6.04 Å². The van der Waals surface area contributed by atoms with E-state index in [0.29, 0.717) is 0 Å². The lowest BCUT2D eigenvalue weighted by Crippen LogP contribution is -2.40. The number of carbonyl (C=O) groups excluding carboxylic acids is 1. The van der Waals surface area contributed by atoms with E-state index in [4.69, 9.17) is 5.11 Å². The molecule has 0 bridgehead atoms. The van der Waals surface area contributed by atoms with E-state index < -0.39 is 31.1 Å². The molecule has 0 saturated heterocycles. The summed E-state index contributed by atoms with van der Waals surface area (Å²) in [6.07, 6.45) is 0. The average molecular weight is 287 g/mol. The van der Waals surface area contributed by atoms with Crippen LogP contribution in [0, 0.1) is 0 Å². The average Bonchev–Trinajstić information content (AvgIpc) is 2.34. The molecule has 1 aromatic carbocycles. The smallest absolute Gasteiger partial charge is 0.387 e. The molecule has 0 aliphatic carbocycles. The zero-order valence-electron chi connectivity index (χ0n) is 11.0. The van der Waals surface area contributed by atoms with Gasteiger partial charge in [0.2, 0.25) is 0 Å². The lowest BCUT2D eigenvalue weighted by molar-refractivity contribution is -0.138. The predicted octanol–water partition coefficient (Wildman–Crippen LogP) is 2.22. The molecule has 20 heavy (non-hydrogen) atoms. The van der Waals surface area contributed by atoms with Gasteiger partial charge in [-0.05, 0) is 26.0 Å². The van der Waals surface area contributed by atoms with Crippen LogP contribution in [0.2, 0.25) is 0 Å². The van der Waals surface area contributed by atoms with Crippen LogP contribution in [0.3, 0.4) is 0 Å². The van der Waals surface area contributed by atoms with E-state index in [2.05, 4.69) is 4.74 Å². The molecule has 0 spiro atoms. The minimum atomic E-state index is -3.06. The molecule has 7 heteroatoms. The molecule has 0 fully saturated rings. The van der Waals surface area contributed by atoms with Crippen LogP contribution in [0.4, 0.5) is 8.78 Å². The lowest BCUT2D eigenvalue weighted by Gasteiger charge is -2.25. The summed E-state index contributed by atoms with van der Waals surface area (Å²) in [5, 5.41) is 8.80. The minimum absolute atomic E-state index is 0.0947. The molecule has 110 valence electrons. The van der Waals surface area contributed by atoms with Crippen LogP contribution >= 0.6 is 0 Å². The number of ether oxygens (including phenoxy) is 1. The van der Waals surface area contributed by atoms with Crippen molar-refractivity contribution in [1.29, 1.82) is 0 Å². The molecule has 0 unspecified atom stereocenters. The van der Waals surface area contributed by atoms with Gasteiger partial charge < -0.3 is 14.7 Å². The molecule has 5 nitrogen and oxygen atoms in total. The number of aliphatic carboxylic acids is 1. The summed E-state index contributed by atoms with van der Waals surface area (Å²) in [6.45, 7) is -0.301. The number of hydrogen-bond donors (Lipinski definition) is 1. The van der Waals surface area contributed by atoms with Crippen molar-refractivity contribution in [3.63, 3.8) is 0 Å². The third kappa shape index (κ3) is 4.18. The molecule has 1 aromatic rings. The van der Waals surface area contributed by atoms with E-state index in [1.807, 2.05) is 0 Å². The Morgan fingerprint density at radius 1 is 1.30 bits per heavy atom. The highest BCUT2D eigenvalue weighted by molar-refractivity contribution is 5.98. The molecular weight excluding hydrogens is 272 g/mol. The van der Waals surface area contributed by atoms with Crippen molar-refractivity contribution in [3.8, 4) is 5.75 Å². The number of carboxylic acids is 1. The third-order valence-corrected chi connectivity index (χ3v) is 2.52. The minimum Gasteiger partial charge on any atom is -0.480 e. The molecule has 1 N–H and O–H groups in total. The van der Waals surface area contributed by atoms with Crippen molar-refractivity contribution in [3.05, 3.63) is 29.8 Å². The van der Waals surface area contributed by atoms with Gasteiger partial charge in [0.1, 0.15) is 12.3 Å². The van der Waals surface area contributed by atoms with E-state index in [1.54, 1.807) is 13.8 Å². The lowest BCUT2D eigenvalue weighted by atomic mass is 10.1. The van der Waals surface area contributed by atoms with E-state index in [0.717, 1.165) is 4.90 Å². The first-order valence-electron chi connectivity index (χ1n) is 5.89. The normalized spacial score (nSPS) is 10.7. The van der Waals surface area contributed by atoms with Gasteiger partial charge >= 0.3 is 12.6 Å². The first-order valence-corrected chi connectivity index (χ1v) is 5.89. The fraction of sp³-hybridized carbons (Fsp3) is 0.385. The van der Waals surface area contributed by atoms with E-state index >= 15 is 0 Å². The highest BCUT2D eigenvalue weighted by Crippen LogP contribution is 2.22. The number of amides is 1. The Hall–Kier alpha value is -2.18. The Kier molecular flexibility index (Phi) is 5.42. The second-order valence-electron chi connectivity index (χ2n) is 4.30. The predicted molar refractivity (Wildman–Crippen MR) is 66.9 cm³/mol. The van der Waals surface area contributed by atoms with Crippen molar-refractivity contribution in [1.82, 2.24) is 4.90 Å². The van der Waals surface area contributed by atoms with Crippen molar-refractivity contribution in [2.75, 3.05) is 6.54 Å². The van der Waals surface area contributed by atoms with Crippen LogP contribution in [0.15, 0.2) is 24.3 Å². The number of halogens is 2. The molecular formula is C13H15F2NO4. The van der Waals surface area contributed by atoms with Gasteiger partial charge in [0.25, 0.3) is 5.91 Å². The number of carbonyl (C=O) groups is 2. The van der Waals surface area contributed by atoms with Crippen molar-refractivity contribution >= 4 is 11.9 Å². The molecule has 0 aromatic heterocycles. The fourth-order valence-corrected chi connectivity index (χ4v) is 1.63. The van der Waals surface area contributed by atoms with Crippen LogP contribution < -0.4 is 4.74 Å². The highest BCUT2D eigenvalue weighted by Gasteiger charge is 2.24. The first-order chi connectivity index (χ1) is 9.32. The van der Waals surface area contributed by atoms with Gasteiger partial charge in [-0.25, -0.2) is 0 Å². The summed E-state index contributed by atoms with van der Waals surface area (Å²) in [5.41, 5.74) is -0.0947. The number of carboxylic acid groups (broad SMARTS) is 1. The van der Waals surface area contributed by atoms with Gasteiger partial charge in [-0.1, -0.05) is 12.1 Å². The van der Waals surface area contributed by atoms with E-state index in [1.165, 1.54) is 24.3 Å². The van der Waals surface area contributed by atoms with Crippen molar-refractivity contribution in [2.24, 2.45) is 0 Å². The Balaban J connectivity index is 3.08. The largest absolute Gasteiger partial charge is 0.480 e. The monoisotopic (exact) mass is 287 g/mol. The number of nitrogens with zero attached hydrogens (tertiary/aromatic N) is 1. The topological polar surface area (TPSA) is 66.8 Å². The van der Waals surface area contributed by atoms with Crippen molar-refractivity contribution in [2.45, 2.75) is 26.5 Å². The summed E-state index contributed by atoms with van der Waals surface area (Å²) >= 11 is 0. The van der Waals surface area contributed by atoms with Crippen molar-refractivity contribution < 1.29 is 28.2 Å². The van der Waals surface area contributed by atoms with Crippen LogP contribution in [0.5, 0.6) is 5.75 Å². The molecule has 0 aliphatic heterocycles. The van der Waals surface area contributed by atoms with Crippen LogP contribution in [-0.4, -0.2) is 41.1 Å². The number of alkyl halides is 2. The molecule has 1 amide bonds. The summed E-state index contributed by atoms with van der Waals surface area (Å²) < 4.78 is 28.9. The second-order valence-corrected chi connectivity index (χ2v) is 4.30. The molecule has 0 atom stereocenters. The summed E-state index contributed by atoms with van der Waals surface area (Å²) in [4.78, 5) is 24.1. The maximum Gasteiger partial charge on any atom is 0.387 e. The van der Waals surface area contributed by atoms with Gasteiger partial charge in [0.05, 0.1) is 5.56 Å². The SMILES string of the molecule is CC(C)N(CC(=O)O)C(=O)c1ccccc1OC(F)F. The summed E-state index contributed by atoms with van der Waals surface area (Å²) in [7, 11) is 0. The summed E-state index contributed by atoms with van der Waals surface area (Å²) in [5.74, 6) is -2.12. The standard InChI is InChI=1S/C13H15F2NO4/c1-8(2)16(7-11(17)18)12(19)9-5-3-4-6-10(9)20-13(14)15/h3-6,8,13H,7H2,1-2H3,(H,17,18). The Bertz CT molecular complexity index is 491. The van der Waals surface area contributed by atoms with E-state index in [9.17, 15) is 18.4 Å². The third-order valence-electron chi connectivity index (χ3n) is 2.52. The molecule has 1 rings (SSSR count). The zero-order valence-corrected chi connectivity index (χ0v) is 11.0. The quantitative estimate of drug-likeness (QED) is 0.871. The van der Waals surface area contributed by atoms with Gasteiger partial charge in [-0.2, -0.15) is 8.78 Å². The Morgan fingerprint density at radius 3 is 2.40 bits per heavy atom. The second kappa shape index (κ2) is 6.83. The Morgan fingerprint density at radius 2 is 1.90 bits per heavy atom. The van der Waals surface area contributed by atoms with Gasteiger partial charge in [-0.15, -0.1) is 0 Å². The fourth-order valence-electron chi connectivity index (χ4n) is 1.63. The van der Waals surface area contributed by atoms with E-state index in [-0.39, 0.29) is 11.3 Å². The van der Waals surface area contributed by atoms with Crippen LogP contribution in [0.1, 0.15) is 24.2 Å². The number of benzene rings is 1. The summed E-state index contributed by atoms with van der Waals surface area (Å²) in [6, 6.07) is 5.10. The molecule has 0 saturated carbocycles. The van der Waals surface area contributed by atoms with Gasteiger partial charge in [-0.3, -0.25) is 9.59 Å². The first kappa shape index (κ1) is 15.9. The van der Waals surface area contributed by atoms with Crippen LogP contribution in [0.25, 0.3) is 0 Å². The maximum absolute atomic E-state index is 12.3. The van der Waals surface area contributed by atoms with Gasteiger partial charge in [0.15, 0.2) is 0 Å². The Labute approximate surface area is 114 Å². The zero-order chi connectivity index (χ0) is 15.3. The highest BCUT2D eigenvalue weighted by atomic mass is 19.3. The molecule has 0 aliphatic rings. The number of para-hydroxylation sites is 1. The number of rotatable bonds is 6.